The van der Waals surface area contributed by atoms with Gasteiger partial charge in [-0.15, -0.1) is 0 Å². The number of rotatable bonds is 4. The lowest BCUT2D eigenvalue weighted by atomic mass is 9.71. The number of ether oxygens (including phenoxy) is 1. The Balaban J connectivity index is 1.39. The van der Waals surface area contributed by atoms with Crippen LogP contribution in [0.5, 0.6) is 0 Å². The average molecular weight is 523 g/mol. The zero-order valence-corrected chi connectivity index (χ0v) is 22.9. The van der Waals surface area contributed by atoms with Crippen LogP contribution in [0.15, 0.2) is 60.7 Å². The molecule has 1 amide bonds. The Labute approximate surface area is 228 Å². The number of nitrogens with one attached hydrogen (secondary N) is 1. The Morgan fingerprint density at radius 2 is 1.67 bits per heavy atom. The highest BCUT2D eigenvalue weighted by Gasteiger charge is 2.41. The van der Waals surface area contributed by atoms with E-state index < -0.39 is 11.1 Å². The summed E-state index contributed by atoms with van der Waals surface area (Å²) in [6.45, 7) is 7.44. The molecule has 39 heavy (non-hydrogen) atoms. The predicted molar refractivity (Wildman–Crippen MR) is 151 cm³/mol. The second-order valence-electron chi connectivity index (χ2n) is 11.7. The van der Waals surface area contributed by atoms with Crippen LogP contribution < -0.4 is 5.32 Å². The third-order valence-electron chi connectivity index (χ3n) is 7.81. The Kier molecular flexibility index (Phi) is 5.97. The number of aryl methyl sites for hydroxylation is 2. The first-order valence-electron chi connectivity index (χ1n) is 13.6. The Morgan fingerprint density at radius 1 is 0.949 bits per heavy atom. The number of pyridine rings is 1. The summed E-state index contributed by atoms with van der Waals surface area (Å²) in [4.78, 5) is 22.5. The summed E-state index contributed by atoms with van der Waals surface area (Å²) in [5.41, 5.74) is 7.76. The number of nitrogens with zero attached hydrogens (tertiary/aromatic N) is 3. The van der Waals surface area contributed by atoms with Crippen molar-refractivity contribution in [1.82, 2.24) is 20.0 Å². The highest BCUT2D eigenvalue weighted by molar-refractivity contribution is 5.85. The molecule has 1 saturated carbocycles. The van der Waals surface area contributed by atoms with Gasteiger partial charge in [-0.05, 0) is 77.0 Å². The number of carbonyl (C=O) groups is 1. The molecule has 200 valence electrons. The van der Waals surface area contributed by atoms with Crippen molar-refractivity contribution in [2.45, 2.75) is 70.9 Å². The van der Waals surface area contributed by atoms with Gasteiger partial charge in [0.05, 0.1) is 28.3 Å². The van der Waals surface area contributed by atoms with E-state index >= 15 is 0 Å². The first-order valence-corrected chi connectivity index (χ1v) is 13.6. The zero-order chi connectivity index (χ0) is 27.4. The van der Waals surface area contributed by atoms with Gasteiger partial charge in [-0.3, -0.25) is 4.98 Å². The van der Waals surface area contributed by atoms with Crippen LogP contribution in [0.1, 0.15) is 62.8 Å². The molecule has 0 atom stereocenters. The molecule has 2 aliphatic carbocycles. The number of benzene rings is 2. The van der Waals surface area contributed by atoms with Gasteiger partial charge in [0.1, 0.15) is 11.4 Å². The van der Waals surface area contributed by atoms with Crippen LogP contribution in [-0.4, -0.2) is 31.6 Å². The first kappa shape index (κ1) is 25.2. The van der Waals surface area contributed by atoms with Crippen LogP contribution in [-0.2, 0) is 23.1 Å². The van der Waals surface area contributed by atoms with Crippen molar-refractivity contribution in [1.29, 1.82) is 0 Å². The van der Waals surface area contributed by atoms with Gasteiger partial charge < -0.3 is 15.3 Å². The van der Waals surface area contributed by atoms with E-state index in [2.05, 4.69) is 52.8 Å². The lowest BCUT2D eigenvalue weighted by Crippen LogP contribution is -2.52. The summed E-state index contributed by atoms with van der Waals surface area (Å²) >= 11 is 0. The number of hydrogen-bond donors (Lipinski definition) is 2. The fourth-order valence-corrected chi connectivity index (χ4v) is 5.71. The summed E-state index contributed by atoms with van der Waals surface area (Å²) in [5, 5.41) is 13.6. The topological polar surface area (TPSA) is 89.3 Å². The molecule has 2 N–H and O–H groups in total. The highest BCUT2D eigenvalue weighted by Crippen LogP contribution is 2.43. The second-order valence-corrected chi connectivity index (χ2v) is 11.7. The lowest BCUT2D eigenvalue weighted by Gasteiger charge is -2.43. The molecular weight excluding hydrogens is 488 g/mol. The molecule has 0 radical (unpaired) electrons. The standard InChI is InChI=1S/C32H34N4O3/c1-20-33-29-25-19-24(21-9-6-5-7-10-21)28(34-26(25)15-16-27(29)36(20)38)22-11-13-23(14-12-22)32(17-8-18-32)35-30(37)39-31(2,3)4/h5-7,9-14,19,38H,8,15-18H2,1-4H3,(H,35,37). The van der Waals surface area contributed by atoms with Gasteiger partial charge in [0.15, 0.2) is 0 Å². The summed E-state index contributed by atoms with van der Waals surface area (Å²) < 4.78 is 6.76. The SMILES string of the molecule is Cc1nc2c(n1O)CCc1nc(-c3ccc(C4(NC(=O)OC(C)(C)C)CCC4)cc3)c(-c3ccccc3)cc1-2. The summed E-state index contributed by atoms with van der Waals surface area (Å²) in [7, 11) is 0. The van der Waals surface area contributed by atoms with Gasteiger partial charge in [-0.25, -0.2) is 9.78 Å². The van der Waals surface area contributed by atoms with Gasteiger partial charge in [0, 0.05) is 16.7 Å². The van der Waals surface area contributed by atoms with E-state index in [4.69, 9.17) is 9.72 Å². The monoisotopic (exact) mass is 522 g/mol. The normalized spacial score (nSPS) is 15.6. The van der Waals surface area contributed by atoms with Crippen molar-refractivity contribution in [3.63, 3.8) is 0 Å². The van der Waals surface area contributed by atoms with E-state index in [1.165, 1.54) is 4.73 Å². The molecule has 0 spiro atoms. The molecule has 2 aliphatic rings. The molecule has 2 aromatic carbocycles. The number of aromatic nitrogens is 3. The fraction of sp³-hybridized carbons (Fsp3) is 0.344. The van der Waals surface area contributed by atoms with E-state index in [1.807, 2.05) is 45.9 Å². The van der Waals surface area contributed by atoms with Crippen LogP contribution in [0, 0.1) is 6.92 Å². The number of imidazole rings is 1. The molecule has 2 aromatic heterocycles. The number of hydrogen-bond acceptors (Lipinski definition) is 5. The minimum atomic E-state index is -0.542. The van der Waals surface area contributed by atoms with Gasteiger partial charge in [0.2, 0.25) is 0 Å². The van der Waals surface area contributed by atoms with Crippen LogP contribution >= 0.6 is 0 Å². The summed E-state index contributed by atoms with van der Waals surface area (Å²) in [6.07, 6.45) is 3.88. The zero-order valence-electron chi connectivity index (χ0n) is 22.9. The molecule has 7 heteroatoms. The Morgan fingerprint density at radius 3 is 2.31 bits per heavy atom. The minimum absolute atomic E-state index is 0.381. The maximum Gasteiger partial charge on any atom is 0.408 e. The largest absolute Gasteiger partial charge is 0.444 e. The van der Waals surface area contributed by atoms with E-state index in [9.17, 15) is 10.0 Å². The molecule has 0 saturated heterocycles. The maximum atomic E-state index is 12.6. The van der Waals surface area contributed by atoms with Crippen molar-refractivity contribution in [3.8, 4) is 33.6 Å². The summed E-state index contributed by atoms with van der Waals surface area (Å²) in [6, 6.07) is 20.8. The third kappa shape index (κ3) is 4.56. The molecule has 0 bridgehead atoms. The Hall–Kier alpha value is -4.13. The molecule has 7 nitrogen and oxygen atoms in total. The van der Waals surface area contributed by atoms with Crippen molar-refractivity contribution in [2.75, 3.05) is 0 Å². The summed E-state index contributed by atoms with van der Waals surface area (Å²) in [5.74, 6) is 0.582. The number of carbonyl (C=O) groups excluding carboxylic acids is 1. The Bertz CT molecular complexity index is 1550. The molecular formula is C32H34N4O3. The second kappa shape index (κ2) is 9.26. The molecule has 6 rings (SSSR count). The predicted octanol–water partition coefficient (Wildman–Crippen LogP) is 6.83. The van der Waals surface area contributed by atoms with Crippen LogP contribution in [0.4, 0.5) is 4.79 Å². The van der Waals surface area contributed by atoms with Crippen LogP contribution in [0.3, 0.4) is 0 Å². The molecule has 1 fully saturated rings. The number of alkyl carbamates (subject to hydrolysis) is 1. The van der Waals surface area contributed by atoms with Gasteiger partial charge in [0.25, 0.3) is 0 Å². The highest BCUT2D eigenvalue weighted by atomic mass is 16.6. The fourth-order valence-electron chi connectivity index (χ4n) is 5.71. The van der Waals surface area contributed by atoms with Gasteiger partial charge in [-0.1, -0.05) is 54.6 Å². The number of fused-ring (bicyclic) bond motifs is 3. The van der Waals surface area contributed by atoms with E-state index in [0.29, 0.717) is 12.2 Å². The van der Waals surface area contributed by atoms with E-state index in [1.54, 1.807) is 0 Å². The van der Waals surface area contributed by atoms with Crippen LogP contribution in [0.2, 0.25) is 0 Å². The third-order valence-corrected chi connectivity index (χ3v) is 7.81. The first-order chi connectivity index (χ1) is 18.6. The number of amides is 1. The van der Waals surface area contributed by atoms with Crippen LogP contribution in [0.25, 0.3) is 33.6 Å². The molecule has 2 heterocycles. The van der Waals surface area contributed by atoms with Crippen molar-refractivity contribution >= 4 is 6.09 Å². The van der Waals surface area contributed by atoms with E-state index in [0.717, 1.165) is 76.3 Å². The quantitative estimate of drug-likeness (QED) is 0.287. The average Bonchev–Trinajstić information content (AvgIpc) is 3.18. The molecule has 0 unspecified atom stereocenters. The minimum Gasteiger partial charge on any atom is -0.444 e. The van der Waals surface area contributed by atoms with Crippen molar-refractivity contribution in [3.05, 3.63) is 83.4 Å². The van der Waals surface area contributed by atoms with Gasteiger partial charge in [-0.2, -0.15) is 4.73 Å². The molecule has 4 aromatic rings. The van der Waals surface area contributed by atoms with Crippen molar-refractivity contribution in [2.24, 2.45) is 0 Å². The molecule has 0 aliphatic heterocycles. The van der Waals surface area contributed by atoms with Crippen molar-refractivity contribution < 1.29 is 14.7 Å². The lowest BCUT2D eigenvalue weighted by molar-refractivity contribution is 0.0377. The van der Waals surface area contributed by atoms with E-state index in [-0.39, 0.29) is 6.09 Å². The van der Waals surface area contributed by atoms with Gasteiger partial charge >= 0.3 is 6.09 Å². The smallest absolute Gasteiger partial charge is 0.408 e. The maximum absolute atomic E-state index is 12.6.